The molecule has 2 aromatic rings. The molecule has 3 rings (SSSR count). The third kappa shape index (κ3) is 4.42. The number of carbonyl (C=O) groups is 3. The molecule has 10 heteroatoms. The molecule has 0 saturated heterocycles. The van der Waals surface area contributed by atoms with Crippen molar-refractivity contribution in [2.75, 3.05) is 37.4 Å². The molecule has 1 aliphatic heterocycles. The molecule has 1 aromatic carbocycles. The van der Waals surface area contributed by atoms with E-state index in [2.05, 4.69) is 15.6 Å². The highest BCUT2D eigenvalue weighted by Crippen LogP contribution is 2.28. The fraction of sp³-hybridized carbons (Fsp3) is 0.200. The Morgan fingerprint density at radius 1 is 1.23 bits per heavy atom. The fourth-order valence-corrected chi connectivity index (χ4v) is 3.13. The molecule has 30 heavy (non-hydrogen) atoms. The van der Waals surface area contributed by atoms with Gasteiger partial charge in [0.2, 0.25) is 0 Å². The molecule has 2 amide bonds. The molecular weight excluding hydrogens is 412 g/mol. The van der Waals surface area contributed by atoms with Gasteiger partial charge < -0.3 is 25.4 Å². The third-order valence-corrected chi connectivity index (χ3v) is 4.69. The van der Waals surface area contributed by atoms with E-state index in [9.17, 15) is 14.4 Å². The van der Waals surface area contributed by atoms with Gasteiger partial charge in [0.25, 0.3) is 11.8 Å². The van der Waals surface area contributed by atoms with Crippen LogP contribution >= 0.6 is 11.6 Å². The monoisotopic (exact) mass is 430 g/mol. The molecule has 0 fully saturated rings. The quantitative estimate of drug-likeness (QED) is 0.451. The lowest BCUT2D eigenvalue weighted by Crippen LogP contribution is -2.31. The van der Waals surface area contributed by atoms with Crippen LogP contribution in [0.4, 0.5) is 11.4 Å². The Kier molecular flexibility index (Phi) is 6.65. The molecule has 0 aliphatic carbocycles. The second kappa shape index (κ2) is 9.38. The number of rotatable bonds is 7. The molecule has 3 N–H and O–H groups in total. The number of halogens is 1. The number of esters is 1. The predicted molar refractivity (Wildman–Crippen MR) is 110 cm³/mol. The SMILES string of the molecule is COC(=O)C1=C(Nc2ccccc2NC(=O)c2cccnc2Cl)C(=O)N(CCO)C1. The van der Waals surface area contributed by atoms with E-state index in [1.807, 2.05) is 0 Å². The van der Waals surface area contributed by atoms with Crippen LogP contribution in [0.25, 0.3) is 0 Å². The molecule has 1 aromatic heterocycles. The van der Waals surface area contributed by atoms with Crippen LogP contribution in [-0.2, 0) is 14.3 Å². The molecule has 0 bridgehead atoms. The molecule has 0 saturated carbocycles. The Balaban J connectivity index is 1.90. The van der Waals surface area contributed by atoms with Crippen molar-refractivity contribution < 1.29 is 24.2 Å². The number of amides is 2. The summed E-state index contributed by atoms with van der Waals surface area (Å²) in [6.45, 7) is -0.164. The Labute approximate surface area is 177 Å². The van der Waals surface area contributed by atoms with E-state index in [4.69, 9.17) is 21.4 Å². The Bertz CT molecular complexity index is 1020. The summed E-state index contributed by atoms with van der Waals surface area (Å²) in [5, 5.41) is 14.9. The van der Waals surface area contributed by atoms with Crippen LogP contribution in [0.5, 0.6) is 0 Å². The van der Waals surface area contributed by atoms with E-state index in [-0.39, 0.29) is 41.7 Å². The summed E-state index contributed by atoms with van der Waals surface area (Å²) in [6, 6.07) is 9.81. The summed E-state index contributed by atoms with van der Waals surface area (Å²) in [5.74, 6) is -1.60. The van der Waals surface area contributed by atoms with Crippen LogP contribution in [0.1, 0.15) is 10.4 Å². The van der Waals surface area contributed by atoms with Gasteiger partial charge in [-0.3, -0.25) is 9.59 Å². The van der Waals surface area contributed by atoms with E-state index >= 15 is 0 Å². The average molecular weight is 431 g/mol. The molecule has 0 spiro atoms. The first-order chi connectivity index (χ1) is 14.5. The molecule has 0 atom stereocenters. The number of carbonyl (C=O) groups excluding carboxylic acids is 3. The zero-order valence-electron chi connectivity index (χ0n) is 16.0. The summed E-state index contributed by atoms with van der Waals surface area (Å²) in [7, 11) is 1.22. The zero-order valence-corrected chi connectivity index (χ0v) is 16.8. The number of methoxy groups -OCH3 is 1. The van der Waals surface area contributed by atoms with Crippen molar-refractivity contribution in [2.45, 2.75) is 0 Å². The smallest absolute Gasteiger partial charge is 0.337 e. The number of ether oxygens (including phenoxy) is 1. The van der Waals surface area contributed by atoms with Gasteiger partial charge in [0, 0.05) is 12.7 Å². The number of hydrogen-bond acceptors (Lipinski definition) is 7. The molecule has 1 aliphatic rings. The third-order valence-electron chi connectivity index (χ3n) is 4.39. The standard InChI is InChI=1S/C20H19ClN4O5/c1-30-20(29)13-11-25(9-10-26)19(28)16(13)23-14-6-2-3-7-15(14)24-18(27)12-5-4-8-22-17(12)21/h2-8,23,26H,9-11H2,1H3,(H,24,27). The van der Waals surface area contributed by atoms with Crippen LogP contribution in [0, 0.1) is 0 Å². The van der Waals surface area contributed by atoms with Gasteiger partial charge in [-0.25, -0.2) is 9.78 Å². The molecule has 2 heterocycles. The number of benzene rings is 1. The van der Waals surface area contributed by atoms with Gasteiger partial charge in [0.05, 0.1) is 42.8 Å². The van der Waals surface area contributed by atoms with Crippen LogP contribution in [0.2, 0.25) is 5.15 Å². The summed E-state index contributed by atoms with van der Waals surface area (Å²) in [4.78, 5) is 42.6. The van der Waals surface area contributed by atoms with Gasteiger partial charge in [0.1, 0.15) is 10.9 Å². The number of aliphatic hydroxyl groups is 1. The molecule has 0 radical (unpaired) electrons. The second-order valence-electron chi connectivity index (χ2n) is 6.26. The minimum Gasteiger partial charge on any atom is -0.466 e. The first-order valence-corrected chi connectivity index (χ1v) is 9.33. The van der Waals surface area contributed by atoms with Crippen molar-refractivity contribution in [1.29, 1.82) is 0 Å². The zero-order chi connectivity index (χ0) is 21.7. The van der Waals surface area contributed by atoms with E-state index < -0.39 is 17.8 Å². The molecule has 156 valence electrons. The highest BCUT2D eigenvalue weighted by molar-refractivity contribution is 6.33. The fourth-order valence-electron chi connectivity index (χ4n) is 2.93. The number of anilines is 2. The van der Waals surface area contributed by atoms with Crippen molar-refractivity contribution in [3.8, 4) is 0 Å². The van der Waals surface area contributed by atoms with Crippen molar-refractivity contribution in [3.63, 3.8) is 0 Å². The number of aliphatic hydroxyl groups excluding tert-OH is 1. The molecule has 0 unspecified atom stereocenters. The minimum absolute atomic E-state index is 0.00815. The lowest BCUT2D eigenvalue weighted by molar-refractivity contribution is -0.136. The summed E-state index contributed by atoms with van der Waals surface area (Å²) < 4.78 is 4.77. The molecule has 9 nitrogen and oxygen atoms in total. The highest BCUT2D eigenvalue weighted by atomic mass is 35.5. The van der Waals surface area contributed by atoms with Crippen LogP contribution < -0.4 is 10.6 Å². The first-order valence-electron chi connectivity index (χ1n) is 8.95. The Hall–Kier alpha value is -3.43. The maximum Gasteiger partial charge on any atom is 0.337 e. The van der Waals surface area contributed by atoms with Crippen molar-refractivity contribution in [1.82, 2.24) is 9.88 Å². The number of pyridine rings is 1. The van der Waals surface area contributed by atoms with E-state index in [0.29, 0.717) is 11.4 Å². The number of nitrogens with zero attached hydrogens (tertiary/aromatic N) is 2. The maximum absolute atomic E-state index is 12.7. The normalized spacial score (nSPS) is 13.4. The van der Waals surface area contributed by atoms with Gasteiger partial charge in [-0.05, 0) is 24.3 Å². The van der Waals surface area contributed by atoms with Crippen LogP contribution in [0.3, 0.4) is 0 Å². The summed E-state index contributed by atoms with van der Waals surface area (Å²) in [5.41, 5.74) is 1.10. The van der Waals surface area contributed by atoms with Crippen molar-refractivity contribution in [2.24, 2.45) is 0 Å². The van der Waals surface area contributed by atoms with E-state index in [1.54, 1.807) is 30.3 Å². The van der Waals surface area contributed by atoms with Crippen molar-refractivity contribution >= 4 is 40.8 Å². The maximum atomic E-state index is 12.7. The van der Waals surface area contributed by atoms with Crippen LogP contribution in [0.15, 0.2) is 53.9 Å². The van der Waals surface area contributed by atoms with Gasteiger partial charge in [-0.1, -0.05) is 23.7 Å². The number of aromatic nitrogens is 1. The highest BCUT2D eigenvalue weighted by Gasteiger charge is 2.34. The number of para-hydroxylation sites is 2. The predicted octanol–water partition coefficient (Wildman–Crippen LogP) is 1.66. The Morgan fingerprint density at radius 2 is 1.97 bits per heavy atom. The lowest BCUT2D eigenvalue weighted by Gasteiger charge is -2.16. The summed E-state index contributed by atoms with van der Waals surface area (Å²) >= 11 is 5.98. The lowest BCUT2D eigenvalue weighted by atomic mass is 10.2. The van der Waals surface area contributed by atoms with Gasteiger partial charge >= 0.3 is 5.97 Å². The van der Waals surface area contributed by atoms with E-state index in [1.165, 1.54) is 24.3 Å². The minimum atomic E-state index is -0.657. The summed E-state index contributed by atoms with van der Waals surface area (Å²) in [6.07, 6.45) is 1.47. The first kappa shape index (κ1) is 21.3. The van der Waals surface area contributed by atoms with Gasteiger partial charge in [-0.15, -0.1) is 0 Å². The van der Waals surface area contributed by atoms with Crippen LogP contribution in [-0.4, -0.2) is 59.6 Å². The average Bonchev–Trinajstić information content (AvgIpc) is 3.05. The van der Waals surface area contributed by atoms with Gasteiger partial charge in [-0.2, -0.15) is 0 Å². The number of β-amino-alcohol motifs (C(OH)–C–C–N with tert-alkyl or cyclic N) is 1. The second-order valence-corrected chi connectivity index (χ2v) is 6.62. The number of nitrogens with one attached hydrogen (secondary N) is 2. The largest absolute Gasteiger partial charge is 0.466 e. The van der Waals surface area contributed by atoms with E-state index in [0.717, 1.165) is 0 Å². The topological polar surface area (TPSA) is 121 Å². The van der Waals surface area contributed by atoms with Gasteiger partial charge in [0.15, 0.2) is 0 Å². The molecular formula is C20H19ClN4O5. The Morgan fingerprint density at radius 3 is 2.63 bits per heavy atom. The number of hydrogen-bond donors (Lipinski definition) is 3. The van der Waals surface area contributed by atoms with Crippen molar-refractivity contribution in [3.05, 3.63) is 64.6 Å².